The predicted molar refractivity (Wildman–Crippen MR) is 87.8 cm³/mol. The second-order valence-electron chi connectivity index (χ2n) is 4.78. The SMILES string of the molecule is COc1ccc(C(=O)/C=C\Nc2ccc(C)cc2)cc1OC. The smallest absolute Gasteiger partial charge is 0.187 e. The Kier molecular flexibility index (Phi) is 5.20. The lowest BCUT2D eigenvalue weighted by Crippen LogP contribution is -1.98. The highest BCUT2D eigenvalue weighted by Gasteiger charge is 2.08. The number of hydrogen-bond donors (Lipinski definition) is 1. The molecule has 0 bridgehead atoms. The molecule has 2 rings (SSSR count). The first-order valence-corrected chi connectivity index (χ1v) is 6.90. The van der Waals surface area contributed by atoms with Crippen LogP contribution in [-0.2, 0) is 0 Å². The fraction of sp³-hybridized carbons (Fsp3) is 0.167. The lowest BCUT2D eigenvalue weighted by molar-refractivity contribution is 0.104. The van der Waals surface area contributed by atoms with E-state index in [0.29, 0.717) is 17.1 Å². The highest BCUT2D eigenvalue weighted by Crippen LogP contribution is 2.27. The molecule has 0 heterocycles. The lowest BCUT2D eigenvalue weighted by atomic mass is 10.1. The number of allylic oxidation sites excluding steroid dienone is 1. The summed E-state index contributed by atoms with van der Waals surface area (Å²) in [6.07, 6.45) is 3.12. The molecule has 0 fully saturated rings. The molecule has 0 unspecified atom stereocenters. The van der Waals surface area contributed by atoms with Crippen LogP contribution in [0.15, 0.2) is 54.7 Å². The van der Waals surface area contributed by atoms with Gasteiger partial charge in [-0.05, 0) is 37.3 Å². The molecule has 0 saturated heterocycles. The maximum atomic E-state index is 12.1. The van der Waals surface area contributed by atoms with Gasteiger partial charge in [0.2, 0.25) is 0 Å². The lowest BCUT2D eigenvalue weighted by Gasteiger charge is -2.08. The first kappa shape index (κ1) is 15.6. The van der Waals surface area contributed by atoms with Crippen molar-refractivity contribution in [3.05, 3.63) is 65.9 Å². The first-order chi connectivity index (χ1) is 10.6. The number of carbonyl (C=O) groups excluding carboxylic acids is 1. The van der Waals surface area contributed by atoms with Crippen LogP contribution in [0.5, 0.6) is 11.5 Å². The van der Waals surface area contributed by atoms with E-state index in [4.69, 9.17) is 9.47 Å². The van der Waals surface area contributed by atoms with Gasteiger partial charge in [-0.3, -0.25) is 4.79 Å². The Morgan fingerprint density at radius 1 is 1.00 bits per heavy atom. The number of ether oxygens (including phenoxy) is 2. The molecule has 22 heavy (non-hydrogen) atoms. The van der Waals surface area contributed by atoms with Crippen molar-refractivity contribution < 1.29 is 14.3 Å². The molecule has 2 aromatic rings. The standard InChI is InChI=1S/C18H19NO3/c1-13-4-7-15(8-5-13)19-11-10-16(20)14-6-9-17(21-2)18(12-14)22-3/h4-12,19H,1-3H3/b11-10-. The number of carbonyl (C=O) groups is 1. The summed E-state index contributed by atoms with van der Waals surface area (Å²) < 4.78 is 10.3. The second kappa shape index (κ2) is 7.31. The summed E-state index contributed by atoms with van der Waals surface area (Å²) in [5.41, 5.74) is 2.66. The Bertz CT molecular complexity index is 675. The average molecular weight is 297 g/mol. The number of methoxy groups -OCH3 is 2. The van der Waals surface area contributed by atoms with Crippen molar-refractivity contribution in [2.24, 2.45) is 0 Å². The number of ketones is 1. The van der Waals surface area contributed by atoms with E-state index in [2.05, 4.69) is 5.32 Å². The van der Waals surface area contributed by atoms with Crippen molar-refractivity contribution in [3.8, 4) is 11.5 Å². The molecule has 0 saturated carbocycles. The zero-order valence-electron chi connectivity index (χ0n) is 12.9. The van der Waals surface area contributed by atoms with Crippen LogP contribution in [0.1, 0.15) is 15.9 Å². The molecule has 0 amide bonds. The van der Waals surface area contributed by atoms with Crippen molar-refractivity contribution >= 4 is 11.5 Å². The Morgan fingerprint density at radius 2 is 1.68 bits per heavy atom. The molecular weight excluding hydrogens is 278 g/mol. The van der Waals surface area contributed by atoms with Gasteiger partial charge in [-0.2, -0.15) is 0 Å². The molecule has 0 aliphatic carbocycles. The van der Waals surface area contributed by atoms with E-state index in [1.165, 1.54) is 11.6 Å². The summed E-state index contributed by atoms with van der Waals surface area (Å²) >= 11 is 0. The molecule has 0 spiro atoms. The van der Waals surface area contributed by atoms with Crippen molar-refractivity contribution in [1.82, 2.24) is 0 Å². The molecule has 0 radical (unpaired) electrons. The number of nitrogens with one attached hydrogen (secondary N) is 1. The topological polar surface area (TPSA) is 47.6 Å². The Balaban J connectivity index is 2.05. The molecule has 114 valence electrons. The van der Waals surface area contributed by atoms with Gasteiger partial charge in [-0.15, -0.1) is 0 Å². The maximum Gasteiger partial charge on any atom is 0.187 e. The molecule has 4 heteroatoms. The van der Waals surface area contributed by atoms with Crippen LogP contribution in [0, 0.1) is 6.92 Å². The quantitative estimate of drug-likeness (QED) is 0.650. The van der Waals surface area contributed by atoms with Gasteiger partial charge in [0.15, 0.2) is 17.3 Å². The normalized spacial score (nSPS) is 10.5. The third-order valence-corrected chi connectivity index (χ3v) is 3.20. The van der Waals surface area contributed by atoms with E-state index in [1.807, 2.05) is 31.2 Å². The molecule has 0 atom stereocenters. The van der Waals surface area contributed by atoms with Crippen LogP contribution >= 0.6 is 0 Å². The molecule has 1 N–H and O–H groups in total. The number of rotatable bonds is 6. The Hall–Kier alpha value is -2.75. The minimum Gasteiger partial charge on any atom is -0.493 e. The van der Waals surface area contributed by atoms with Crippen molar-refractivity contribution in [2.45, 2.75) is 6.92 Å². The average Bonchev–Trinajstić information content (AvgIpc) is 2.55. The fourth-order valence-electron chi connectivity index (χ4n) is 1.95. The molecule has 0 aromatic heterocycles. The van der Waals surface area contributed by atoms with Gasteiger partial charge in [0.05, 0.1) is 14.2 Å². The van der Waals surface area contributed by atoms with Crippen LogP contribution in [0.3, 0.4) is 0 Å². The van der Waals surface area contributed by atoms with E-state index in [1.54, 1.807) is 38.6 Å². The number of hydrogen-bond acceptors (Lipinski definition) is 4. The summed E-state index contributed by atoms with van der Waals surface area (Å²) in [6, 6.07) is 13.0. The highest BCUT2D eigenvalue weighted by molar-refractivity contribution is 6.05. The van der Waals surface area contributed by atoms with Gasteiger partial charge in [-0.1, -0.05) is 17.7 Å². The fourth-order valence-corrected chi connectivity index (χ4v) is 1.95. The third-order valence-electron chi connectivity index (χ3n) is 3.20. The van der Waals surface area contributed by atoms with Crippen molar-refractivity contribution in [1.29, 1.82) is 0 Å². The van der Waals surface area contributed by atoms with E-state index in [-0.39, 0.29) is 5.78 Å². The summed E-state index contributed by atoms with van der Waals surface area (Å²) in [4.78, 5) is 12.1. The number of benzene rings is 2. The van der Waals surface area contributed by atoms with Crippen LogP contribution < -0.4 is 14.8 Å². The van der Waals surface area contributed by atoms with Crippen LogP contribution in [0.4, 0.5) is 5.69 Å². The zero-order chi connectivity index (χ0) is 15.9. The van der Waals surface area contributed by atoms with Gasteiger partial charge in [0.25, 0.3) is 0 Å². The minimum atomic E-state index is -0.111. The molecule has 0 aliphatic rings. The number of anilines is 1. The van der Waals surface area contributed by atoms with E-state index < -0.39 is 0 Å². The summed E-state index contributed by atoms with van der Waals surface area (Å²) in [6.45, 7) is 2.03. The maximum absolute atomic E-state index is 12.1. The first-order valence-electron chi connectivity index (χ1n) is 6.90. The Labute approximate surface area is 130 Å². The van der Waals surface area contributed by atoms with Gasteiger partial charge < -0.3 is 14.8 Å². The third kappa shape index (κ3) is 3.88. The molecule has 4 nitrogen and oxygen atoms in total. The van der Waals surface area contributed by atoms with Gasteiger partial charge >= 0.3 is 0 Å². The Morgan fingerprint density at radius 3 is 2.32 bits per heavy atom. The van der Waals surface area contributed by atoms with Gasteiger partial charge in [0.1, 0.15) is 0 Å². The summed E-state index contributed by atoms with van der Waals surface area (Å²) in [5, 5.41) is 3.07. The molecule has 0 aliphatic heterocycles. The van der Waals surface area contributed by atoms with Crippen LogP contribution in [-0.4, -0.2) is 20.0 Å². The molecule has 2 aromatic carbocycles. The van der Waals surface area contributed by atoms with E-state index in [9.17, 15) is 4.79 Å². The minimum absolute atomic E-state index is 0.111. The van der Waals surface area contributed by atoms with E-state index in [0.717, 1.165) is 5.69 Å². The van der Waals surface area contributed by atoms with Gasteiger partial charge in [-0.25, -0.2) is 0 Å². The van der Waals surface area contributed by atoms with Crippen molar-refractivity contribution in [3.63, 3.8) is 0 Å². The summed E-state index contributed by atoms with van der Waals surface area (Å²) in [5.74, 6) is 1.02. The van der Waals surface area contributed by atoms with E-state index >= 15 is 0 Å². The highest BCUT2D eigenvalue weighted by atomic mass is 16.5. The largest absolute Gasteiger partial charge is 0.493 e. The zero-order valence-corrected chi connectivity index (χ0v) is 12.9. The number of aryl methyl sites for hydroxylation is 1. The monoisotopic (exact) mass is 297 g/mol. The molecular formula is C18H19NO3. The van der Waals surface area contributed by atoms with Gasteiger partial charge in [0, 0.05) is 23.5 Å². The summed E-state index contributed by atoms with van der Waals surface area (Å²) in [7, 11) is 3.10. The second-order valence-corrected chi connectivity index (χ2v) is 4.78. The van der Waals surface area contributed by atoms with Crippen LogP contribution in [0.2, 0.25) is 0 Å². The van der Waals surface area contributed by atoms with Crippen LogP contribution in [0.25, 0.3) is 0 Å². The predicted octanol–water partition coefficient (Wildman–Crippen LogP) is 3.82. The van der Waals surface area contributed by atoms with Crippen molar-refractivity contribution in [2.75, 3.05) is 19.5 Å².